The molecule has 0 aromatic heterocycles. The van der Waals surface area contributed by atoms with Crippen LogP contribution in [0.15, 0.2) is 128 Å². The van der Waals surface area contributed by atoms with Crippen LogP contribution in [0.1, 0.15) is 27.5 Å². The summed E-state index contributed by atoms with van der Waals surface area (Å²) < 4.78 is 0. The van der Waals surface area contributed by atoms with E-state index in [0.717, 1.165) is 12.0 Å². The number of carbonyl (C=O) groups excluding carboxylic acids is 1. The summed E-state index contributed by atoms with van der Waals surface area (Å²) in [4.78, 5) is 15.1. The molecule has 1 unspecified atom stereocenters. The van der Waals surface area contributed by atoms with Crippen LogP contribution >= 0.6 is 0 Å². The van der Waals surface area contributed by atoms with E-state index in [4.69, 9.17) is 0 Å². The van der Waals surface area contributed by atoms with Crippen LogP contribution in [0, 0.1) is 0 Å². The molecule has 2 aromatic rings. The van der Waals surface area contributed by atoms with Gasteiger partial charge < -0.3 is 10.0 Å². The predicted molar refractivity (Wildman–Crippen MR) is 128 cm³/mol. The first-order valence-electron chi connectivity index (χ1n) is 10.3. The molecule has 0 saturated carbocycles. The number of allylic oxidation sites excluding steroid dienone is 8. The zero-order valence-electron chi connectivity index (χ0n) is 17.5. The first-order chi connectivity index (χ1) is 15.1. The van der Waals surface area contributed by atoms with E-state index in [9.17, 15) is 9.90 Å². The lowest BCUT2D eigenvalue weighted by Gasteiger charge is -2.38. The molecule has 3 rings (SSSR count). The third-order valence-electron chi connectivity index (χ3n) is 5.17. The van der Waals surface area contributed by atoms with Gasteiger partial charge in [-0.1, -0.05) is 98.2 Å². The minimum absolute atomic E-state index is 0.0545. The summed E-state index contributed by atoms with van der Waals surface area (Å²) in [5.74, 6) is -0.0135. The number of aliphatic hydroxyl groups excluding tert-OH is 1. The van der Waals surface area contributed by atoms with Crippen LogP contribution in [0.3, 0.4) is 0 Å². The maximum Gasteiger partial charge on any atom is 0.254 e. The van der Waals surface area contributed by atoms with Crippen molar-refractivity contribution in [2.24, 2.45) is 0 Å². The highest BCUT2D eigenvalue weighted by Crippen LogP contribution is 2.37. The maximum absolute atomic E-state index is 13.3. The molecule has 0 radical (unpaired) electrons. The Bertz CT molecular complexity index is 1060. The van der Waals surface area contributed by atoms with E-state index in [0.29, 0.717) is 17.7 Å². The lowest BCUT2D eigenvalue weighted by molar-refractivity contribution is 0.0689. The average molecular weight is 410 g/mol. The molecule has 31 heavy (non-hydrogen) atoms. The van der Waals surface area contributed by atoms with Crippen molar-refractivity contribution in [3.05, 3.63) is 144 Å². The van der Waals surface area contributed by atoms with Gasteiger partial charge in [0, 0.05) is 17.7 Å². The van der Waals surface area contributed by atoms with E-state index < -0.39 is 6.04 Å². The van der Waals surface area contributed by atoms with Gasteiger partial charge in [0.2, 0.25) is 0 Å². The van der Waals surface area contributed by atoms with Crippen molar-refractivity contribution in [3.8, 4) is 0 Å². The highest BCUT2D eigenvalue weighted by Gasteiger charge is 2.34. The van der Waals surface area contributed by atoms with Gasteiger partial charge in [0.1, 0.15) is 5.76 Å². The smallest absolute Gasteiger partial charge is 0.254 e. The second kappa shape index (κ2) is 10.8. The fourth-order valence-corrected chi connectivity index (χ4v) is 3.64. The van der Waals surface area contributed by atoms with Gasteiger partial charge in [0.15, 0.2) is 0 Å². The van der Waals surface area contributed by atoms with Crippen LogP contribution in [0.5, 0.6) is 0 Å². The van der Waals surface area contributed by atoms with E-state index in [1.54, 1.807) is 23.1 Å². The van der Waals surface area contributed by atoms with E-state index >= 15 is 0 Å². The molecule has 1 amide bonds. The number of nitrogens with zero attached hydrogens (tertiary/aromatic N) is 1. The molecule has 1 N–H and O–H groups in total. The fraction of sp³-hybridized carbons (Fsp3) is 0.107. The lowest BCUT2D eigenvalue weighted by Crippen LogP contribution is -2.41. The summed E-state index contributed by atoms with van der Waals surface area (Å²) in [6.07, 6.45) is 15.1. The topological polar surface area (TPSA) is 40.5 Å². The molecule has 2 aromatic carbocycles. The summed E-state index contributed by atoms with van der Waals surface area (Å²) in [6, 6.07) is 16.8. The molecule has 3 heteroatoms. The van der Waals surface area contributed by atoms with Gasteiger partial charge in [0.05, 0.1) is 6.04 Å². The third-order valence-corrected chi connectivity index (χ3v) is 5.17. The Hall–Kier alpha value is -3.85. The van der Waals surface area contributed by atoms with Crippen LogP contribution in [0.2, 0.25) is 0 Å². The molecular weight excluding hydrogens is 382 g/mol. The van der Waals surface area contributed by atoms with E-state index in [1.807, 2.05) is 78.9 Å². The van der Waals surface area contributed by atoms with Gasteiger partial charge in [0.25, 0.3) is 5.91 Å². The van der Waals surface area contributed by atoms with Crippen molar-refractivity contribution >= 4 is 5.91 Å². The Kier molecular flexibility index (Phi) is 7.61. The molecule has 0 bridgehead atoms. The van der Waals surface area contributed by atoms with Gasteiger partial charge in [-0.25, -0.2) is 0 Å². The molecular formula is C28H27NO2. The number of hydrogen-bond acceptors (Lipinski definition) is 2. The largest absolute Gasteiger partial charge is 0.508 e. The van der Waals surface area contributed by atoms with E-state index in [2.05, 4.69) is 19.2 Å². The number of hydrogen-bond donors (Lipinski definition) is 1. The number of carbonyl (C=O) groups is 1. The SMILES string of the molecule is C=C\C=C/C=C\C=C/C=C(/O)C(=C)C1c2ccccc2CCN1C(=O)c1ccccc1. The van der Waals surface area contributed by atoms with Gasteiger partial charge in [-0.15, -0.1) is 0 Å². The first kappa shape index (κ1) is 21.8. The molecule has 1 heterocycles. The Morgan fingerprint density at radius 2 is 1.58 bits per heavy atom. The van der Waals surface area contributed by atoms with Crippen molar-refractivity contribution in [1.82, 2.24) is 4.90 Å². The summed E-state index contributed by atoms with van der Waals surface area (Å²) in [6.45, 7) is 8.34. The molecule has 0 saturated heterocycles. The Morgan fingerprint density at radius 3 is 2.32 bits per heavy atom. The molecule has 1 atom stereocenters. The van der Waals surface area contributed by atoms with Crippen molar-refractivity contribution in [2.45, 2.75) is 12.5 Å². The fourth-order valence-electron chi connectivity index (χ4n) is 3.64. The number of fused-ring (bicyclic) bond motifs is 1. The average Bonchev–Trinajstić information content (AvgIpc) is 2.82. The quantitative estimate of drug-likeness (QED) is 0.432. The highest BCUT2D eigenvalue weighted by atomic mass is 16.3. The Labute approximate surface area is 184 Å². The summed E-state index contributed by atoms with van der Waals surface area (Å²) >= 11 is 0. The molecule has 156 valence electrons. The minimum atomic E-state index is -0.423. The monoisotopic (exact) mass is 409 g/mol. The van der Waals surface area contributed by atoms with Crippen LogP contribution in [0.25, 0.3) is 0 Å². The van der Waals surface area contributed by atoms with Crippen LogP contribution < -0.4 is 0 Å². The molecule has 1 aliphatic rings. The van der Waals surface area contributed by atoms with Crippen LogP contribution in [0.4, 0.5) is 0 Å². The second-order valence-corrected chi connectivity index (χ2v) is 7.18. The first-order valence-corrected chi connectivity index (χ1v) is 10.3. The third kappa shape index (κ3) is 5.40. The molecule has 3 nitrogen and oxygen atoms in total. The summed E-state index contributed by atoms with van der Waals surface area (Å²) in [7, 11) is 0. The van der Waals surface area contributed by atoms with Gasteiger partial charge in [-0.3, -0.25) is 4.79 Å². The van der Waals surface area contributed by atoms with Crippen LogP contribution in [-0.4, -0.2) is 22.5 Å². The van der Waals surface area contributed by atoms with E-state index in [1.165, 1.54) is 5.56 Å². The number of aliphatic hydroxyl groups is 1. The molecule has 0 fully saturated rings. The van der Waals surface area contributed by atoms with Crippen molar-refractivity contribution in [3.63, 3.8) is 0 Å². The lowest BCUT2D eigenvalue weighted by atomic mass is 9.87. The number of amides is 1. The number of benzene rings is 2. The van der Waals surface area contributed by atoms with E-state index in [-0.39, 0.29) is 11.7 Å². The zero-order valence-corrected chi connectivity index (χ0v) is 17.5. The Morgan fingerprint density at radius 1 is 0.935 bits per heavy atom. The predicted octanol–water partition coefficient (Wildman–Crippen LogP) is 6.28. The minimum Gasteiger partial charge on any atom is -0.508 e. The van der Waals surface area contributed by atoms with Gasteiger partial charge in [-0.2, -0.15) is 0 Å². The van der Waals surface area contributed by atoms with Crippen molar-refractivity contribution < 1.29 is 9.90 Å². The maximum atomic E-state index is 13.3. The standard InChI is InChI=1S/C28H27NO2/c1-3-4-5-6-7-8-12-19-26(30)22(2)27-25-18-14-13-15-23(25)20-21-29(27)28(31)24-16-10-9-11-17-24/h3-19,27,30H,1-2,20-21H2/b5-4-,7-6-,12-8-,26-19+. The number of rotatable bonds is 7. The zero-order chi connectivity index (χ0) is 22.1. The van der Waals surface area contributed by atoms with Crippen molar-refractivity contribution in [1.29, 1.82) is 0 Å². The summed E-state index contributed by atoms with van der Waals surface area (Å²) in [5.41, 5.74) is 3.30. The molecule has 1 aliphatic heterocycles. The normalized spacial score (nSPS) is 16.7. The summed E-state index contributed by atoms with van der Waals surface area (Å²) in [5, 5.41) is 10.7. The van der Waals surface area contributed by atoms with Crippen LogP contribution in [-0.2, 0) is 6.42 Å². The highest BCUT2D eigenvalue weighted by molar-refractivity contribution is 5.95. The molecule has 0 spiro atoms. The Balaban J connectivity index is 1.88. The van der Waals surface area contributed by atoms with Gasteiger partial charge in [-0.05, 0) is 35.8 Å². The molecule has 0 aliphatic carbocycles. The van der Waals surface area contributed by atoms with Gasteiger partial charge >= 0.3 is 0 Å². The second-order valence-electron chi connectivity index (χ2n) is 7.18. The van der Waals surface area contributed by atoms with Crippen molar-refractivity contribution in [2.75, 3.05) is 6.54 Å².